The molecule has 2 aromatic rings. The lowest BCUT2D eigenvalue weighted by molar-refractivity contribution is -0.133. The molecule has 2 heterocycles. The van der Waals surface area contributed by atoms with Crippen LogP contribution in [0.3, 0.4) is 0 Å². The fourth-order valence-electron chi connectivity index (χ4n) is 3.06. The molecule has 0 radical (unpaired) electrons. The van der Waals surface area contributed by atoms with Crippen molar-refractivity contribution >= 4 is 29.7 Å². The summed E-state index contributed by atoms with van der Waals surface area (Å²) in [4.78, 5) is 30.9. The molecule has 1 saturated heterocycles. The van der Waals surface area contributed by atoms with Gasteiger partial charge in [0.1, 0.15) is 5.82 Å². The number of aryl methyl sites for hydroxylation is 1. The normalized spacial score (nSPS) is 17.4. The van der Waals surface area contributed by atoms with Crippen LogP contribution in [0.4, 0.5) is 0 Å². The van der Waals surface area contributed by atoms with E-state index in [2.05, 4.69) is 25.8 Å². The summed E-state index contributed by atoms with van der Waals surface area (Å²) in [6.07, 6.45) is 4.22. The number of thioether (sulfide) groups is 1. The molecule has 1 aliphatic heterocycles. The summed E-state index contributed by atoms with van der Waals surface area (Å²) in [7, 11) is 0. The van der Waals surface area contributed by atoms with Gasteiger partial charge in [-0.15, -0.1) is 5.10 Å². The van der Waals surface area contributed by atoms with Gasteiger partial charge in [-0.25, -0.2) is 4.98 Å². The maximum absolute atomic E-state index is 12.3. The molecule has 1 fully saturated rings. The van der Waals surface area contributed by atoms with Gasteiger partial charge in [-0.05, 0) is 12.5 Å². The first-order valence-electron chi connectivity index (χ1n) is 9.63. The van der Waals surface area contributed by atoms with Gasteiger partial charge in [-0.1, -0.05) is 54.2 Å². The fraction of sp³-hybridized carbons (Fsp3) is 0.400. The van der Waals surface area contributed by atoms with Crippen LogP contribution >= 0.6 is 11.8 Å². The number of nitrogens with one attached hydrogen (secondary N) is 3. The zero-order valence-electron chi connectivity index (χ0n) is 16.4. The summed E-state index contributed by atoms with van der Waals surface area (Å²) in [5.74, 6) is 1.21. The average molecular weight is 415 g/mol. The van der Waals surface area contributed by atoms with Crippen molar-refractivity contribution < 1.29 is 9.59 Å². The predicted octanol–water partition coefficient (Wildman–Crippen LogP) is 1.23. The fourth-order valence-corrected chi connectivity index (χ4v) is 3.76. The second-order valence-corrected chi connectivity index (χ2v) is 7.78. The van der Waals surface area contributed by atoms with Crippen molar-refractivity contribution in [3.05, 3.63) is 47.8 Å². The third-order valence-corrected chi connectivity index (χ3v) is 5.35. The van der Waals surface area contributed by atoms with E-state index in [-0.39, 0.29) is 18.2 Å². The summed E-state index contributed by atoms with van der Waals surface area (Å²) in [5.41, 5.74) is 1.11. The van der Waals surface area contributed by atoms with Crippen LogP contribution in [0.15, 0.2) is 41.6 Å². The third kappa shape index (κ3) is 6.72. The molecule has 1 atom stereocenters. The maximum Gasteiger partial charge on any atom is 0.237 e. The Morgan fingerprint density at radius 3 is 2.97 bits per heavy atom. The lowest BCUT2D eigenvalue weighted by Gasteiger charge is -2.33. The number of benzene rings is 1. The van der Waals surface area contributed by atoms with Gasteiger partial charge in [0, 0.05) is 31.9 Å². The van der Waals surface area contributed by atoms with E-state index in [1.165, 1.54) is 11.8 Å². The Bertz CT molecular complexity index is 839. The molecule has 3 rings (SSSR count). The van der Waals surface area contributed by atoms with Gasteiger partial charge in [0.15, 0.2) is 0 Å². The summed E-state index contributed by atoms with van der Waals surface area (Å²) in [6.45, 7) is 4.29. The number of amides is 2. The first-order valence-corrected chi connectivity index (χ1v) is 10.6. The predicted molar refractivity (Wildman–Crippen MR) is 113 cm³/mol. The Labute approximate surface area is 174 Å². The molecule has 1 aromatic heterocycles. The van der Waals surface area contributed by atoms with E-state index >= 15 is 0 Å². The Kier molecular flexibility index (Phi) is 7.83. The molecule has 0 spiro atoms. The number of piperazine rings is 1. The monoisotopic (exact) mass is 414 g/mol. The van der Waals surface area contributed by atoms with E-state index in [1.807, 2.05) is 54.3 Å². The van der Waals surface area contributed by atoms with Crippen LogP contribution in [0.1, 0.15) is 17.8 Å². The summed E-state index contributed by atoms with van der Waals surface area (Å²) in [5, 5.41) is 13.2. The lowest BCUT2D eigenvalue weighted by Crippen LogP contribution is -2.56. The molecule has 9 heteroatoms. The number of aromatic amines is 1. The van der Waals surface area contributed by atoms with Crippen molar-refractivity contribution in [3.8, 4) is 0 Å². The topological polar surface area (TPSA) is 103 Å². The summed E-state index contributed by atoms with van der Waals surface area (Å²) in [6, 6.07) is 9.56. The summed E-state index contributed by atoms with van der Waals surface area (Å²) < 4.78 is 0. The minimum Gasteiger partial charge on any atom is -0.355 e. The molecule has 29 heavy (non-hydrogen) atoms. The molecule has 0 saturated carbocycles. The van der Waals surface area contributed by atoms with E-state index in [0.29, 0.717) is 30.5 Å². The third-order valence-electron chi connectivity index (χ3n) is 4.50. The second kappa shape index (κ2) is 10.8. The molecule has 1 unspecified atom stereocenters. The minimum absolute atomic E-state index is 0.0925. The standard InChI is InChI=1S/C20H26N6O2S/c1-15-23-20(25-24-15)29-13-10-21-18(27)14-17-19(28)22-9-12-26(17)11-5-8-16-6-3-2-4-7-16/h2-8,17H,9-14H2,1H3,(H,21,27)(H,22,28)(H,23,24,25). The molecule has 0 aliphatic carbocycles. The lowest BCUT2D eigenvalue weighted by atomic mass is 10.1. The maximum atomic E-state index is 12.3. The van der Waals surface area contributed by atoms with Gasteiger partial charge >= 0.3 is 0 Å². The minimum atomic E-state index is -0.451. The number of carbonyl (C=O) groups excluding carboxylic acids is 2. The highest BCUT2D eigenvalue weighted by Crippen LogP contribution is 2.12. The van der Waals surface area contributed by atoms with Crippen LogP contribution in [0.25, 0.3) is 6.08 Å². The molecule has 0 bridgehead atoms. The molecule has 1 aliphatic rings. The number of rotatable bonds is 9. The number of hydrogen-bond donors (Lipinski definition) is 3. The summed E-state index contributed by atoms with van der Waals surface area (Å²) >= 11 is 1.47. The van der Waals surface area contributed by atoms with Crippen molar-refractivity contribution in [3.63, 3.8) is 0 Å². The van der Waals surface area contributed by atoms with Crippen LogP contribution in [0, 0.1) is 6.92 Å². The van der Waals surface area contributed by atoms with Crippen molar-refractivity contribution in [1.29, 1.82) is 0 Å². The number of nitrogens with zero attached hydrogens (tertiary/aromatic N) is 3. The molecule has 2 amide bonds. The van der Waals surface area contributed by atoms with Crippen molar-refractivity contribution in [2.75, 3.05) is 31.9 Å². The number of carbonyl (C=O) groups is 2. The quantitative estimate of drug-likeness (QED) is 0.421. The molecular weight excluding hydrogens is 388 g/mol. The van der Waals surface area contributed by atoms with E-state index in [0.717, 1.165) is 17.9 Å². The first-order chi connectivity index (χ1) is 14.1. The Hall–Kier alpha value is -2.65. The zero-order valence-corrected chi connectivity index (χ0v) is 17.2. The van der Waals surface area contributed by atoms with Crippen molar-refractivity contribution in [2.45, 2.75) is 24.5 Å². The highest BCUT2D eigenvalue weighted by molar-refractivity contribution is 7.99. The van der Waals surface area contributed by atoms with Gasteiger partial charge < -0.3 is 10.6 Å². The van der Waals surface area contributed by atoms with E-state index in [9.17, 15) is 9.59 Å². The molecule has 8 nitrogen and oxygen atoms in total. The van der Waals surface area contributed by atoms with Gasteiger partial charge in [0.05, 0.1) is 12.5 Å². The Morgan fingerprint density at radius 1 is 1.38 bits per heavy atom. The number of aromatic nitrogens is 3. The van der Waals surface area contributed by atoms with Gasteiger partial charge in [-0.2, -0.15) is 0 Å². The smallest absolute Gasteiger partial charge is 0.237 e. The second-order valence-electron chi connectivity index (χ2n) is 6.72. The SMILES string of the molecule is Cc1nc(SCCNC(=O)CC2C(=O)NCCN2CC=Cc2ccccc2)n[nH]1. The van der Waals surface area contributed by atoms with Crippen LogP contribution in [0.2, 0.25) is 0 Å². The van der Waals surface area contributed by atoms with Gasteiger partial charge in [0.25, 0.3) is 0 Å². The van der Waals surface area contributed by atoms with E-state index in [4.69, 9.17) is 0 Å². The van der Waals surface area contributed by atoms with Crippen LogP contribution in [-0.4, -0.2) is 69.9 Å². The highest BCUT2D eigenvalue weighted by atomic mass is 32.2. The van der Waals surface area contributed by atoms with Gasteiger partial charge in [-0.3, -0.25) is 19.6 Å². The van der Waals surface area contributed by atoms with Crippen molar-refractivity contribution in [2.24, 2.45) is 0 Å². The van der Waals surface area contributed by atoms with Gasteiger partial charge in [0.2, 0.25) is 17.0 Å². The van der Waals surface area contributed by atoms with E-state index < -0.39 is 6.04 Å². The number of H-pyrrole nitrogens is 1. The highest BCUT2D eigenvalue weighted by Gasteiger charge is 2.30. The average Bonchev–Trinajstić information content (AvgIpc) is 3.14. The van der Waals surface area contributed by atoms with Crippen LogP contribution in [-0.2, 0) is 9.59 Å². The first kappa shape index (κ1) is 21.1. The van der Waals surface area contributed by atoms with E-state index in [1.54, 1.807) is 0 Å². The van der Waals surface area contributed by atoms with Crippen LogP contribution in [0.5, 0.6) is 0 Å². The molecule has 1 aromatic carbocycles. The largest absolute Gasteiger partial charge is 0.355 e. The Morgan fingerprint density at radius 2 is 2.21 bits per heavy atom. The molecular formula is C20H26N6O2S. The van der Waals surface area contributed by atoms with Crippen molar-refractivity contribution in [1.82, 2.24) is 30.7 Å². The van der Waals surface area contributed by atoms with Crippen LogP contribution < -0.4 is 10.6 Å². The zero-order chi connectivity index (χ0) is 20.5. The molecule has 3 N–H and O–H groups in total. The molecule has 154 valence electrons. The Balaban J connectivity index is 1.44. The number of hydrogen-bond acceptors (Lipinski definition) is 6.